The highest BCUT2D eigenvalue weighted by Crippen LogP contribution is 2.30. The van der Waals surface area contributed by atoms with E-state index in [4.69, 9.17) is 9.84 Å². The predicted molar refractivity (Wildman–Crippen MR) is 53.8 cm³/mol. The van der Waals surface area contributed by atoms with Gasteiger partial charge in [0.25, 0.3) is 0 Å². The maximum atomic E-state index is 11.2. The topological polar surface area (TPSA) is 46.5 Å². The van der Waals surface area contributed by atoms with Crippen LogP contribution in [0.3, 0.4) is 0 Å². The Kier molecular flexibility index (Phi) is 4.94. The molecule has 0 aromatic heterocycles. The lowest BCUT2D eigenvalue weighted by molar-refractivity contribution is -0.146. The minimum absolute atomic E-state index is 0.0760. The highest BCUT2D eigenvalue weighted by Gasteiger charge is 2.20. The summed E-state index contributed by atoms with van der Waals surface area (Å²) >= 11 is 0. The zero-order valence-corrected chi connectivity index (χ0v) is 8.87. The molecule has 1 rings (SSSR count). The van der Waals surface area contributed by atoms with E-state index in [2.05, 4.69) is 6.92 Å². The number of ether oxygens (including phenoxy) is 1. The number of esters is 1. The number of rotatable bonds is 4. The van der Waals surface area contributed by atoms with Crippen LogP contribution in [0, 0.1) is 11.8 Å². The van der Waals surface area contributed by atoms with E-state index in [1.54, 1.807) is 0 Å². The van der Waals surface area contributed by atoms with E-state index in [-0.39, 0.29) is 19.2 Å². The fourth-order valence-electron chi connectivity index (χ4n) is 1.99. The molecule has 0 saturated heterocycles. The summed E-state index contributed by atoms with van der Waals surface area (Å²) in [6.45, 7) is 2.33. The average Bonchev–Trinajstić information content (AvgIpc) is 2.18. The van der Waals surface area contributed by atoms with Gasteiger partial charge in [-0.15, -0.1) is 0 Å². The van der Waals surface area contributed by atoms with E-state index in [0.29, 0.717) is 12.3 Å². The Morgan fingerprint density at radius 3 is 2.57 bits per heavy atom. The first-order chi connectivity index (χ1) is 6.72. The molecule has 82 valence electrons. The molecule has 1 aliphatic rings. The Labute approximate surface area is 85.5 Å². The van der Waals surface area contributed by atoms with Crippen LogP contribution in [0.15, 0.2) is 0 Å². The maximum absolute atomic E-state index is 11.2. The fourth-order valence-corrected chi connectivity index (χ4v) is 1.99. The van der Waals surface area contributed by atoms with Gasteiger partial charge < -0.3 is 9.84 Å². The lowest BCUT2D eigenvalue weighted by atomic mass is 9.81. The van der Waals surface area contributed by atoms with Crippen LogP contribution >= 0.6 is 0 Å². The molecule has 0 heterocycles. The smallest absolute Gasteiger partial charge is 0.306 e. The van der Waals surface area contributed by atoms with Crippen molar-refractivity contribution in [3.05, 3.63) is 0 Å². The zero-order valence-electron chi connectivity index (χ0n) is 8.87. The van der Waals surface area contributed by atoms with Gasteiger partial charge in [0, 0.05) is 6.42 Å². The second-order valence-electron chi connectivity index (χ2n) is 4.27. The third kappa shape index (κ3) is 4.09. The van der Waals surface area contributed by atoms with Crippen molar-refractivity contribution < 1.29 is 14.6 Å². The molecule has 3 nitrogen and oxygen atoms in total. The van der Waals surface area contributed by atoms with Gasteiger partial charge in [0.2, 0.25) is 0 Å². The van der Waals surface area contributed by atoms with Crippen molar-refractivity contribution in [2.24, 2.45) is 11.8 Å². The molecule has 1 aliphatic carbocycles. The second kappa shape index (κ2) is 6.02. The molecule has 0 unspecified atom stereocenters. The Balaban J connectivity index is 2.14. The molecule has 0 spiro atoms. The summed E-state index contributed by atoms with van der Waals surface area (Å²) in [4.78, 5) is 11.2. The van der Waals surface area contributed by atoms with Crippen LogP contribution in [-0.4, -0.2) is 24.3 Å². The van der Waals surface area contributed by atoms with Crippen LogP contribution in [-0.2, 0) is 9.53 Å². The summed E-state index contributed by atoms with van der Waals surface area (Å²) in [5.74, 6) is 1.18. The van der Waals surface area contributed by atoms with Crippen molar-refractivity contribution in [2.75, 3.05) is 13.2 Å². The molecular weight excluding hydrogens is 180 g/mol. The van der Waals surface area contributed by atoms with Gasteiger partial charge >= 0.3 is 5.97 Å². The summed E-state index contributed by atoms with van der Waals surface area (Å²) in [5, 5.41) is 8.48. The van der Waals surface area contributed by atoms with Crippen LogP contribution in [0.2, 0.25) is 0 Å². The molecule has 0 aliphatic heterocycles. The number of carbonyl (C=O) groups is 1. The van der Waals surface area contributed by atoms with Crippen LogP contribution in [0.1, 0.15) is 39.0 Å². The molecule has 0 bridgehead atoms. The molecule has 0 aromatic rings. The SMILES string of the molecule is CC1CCC(CC(=O)OCCO)CC1. The van der Waals surface area contributed by atoms with Crippen molar-refractivity contribution in [3.8, 4) is 0 Å². The first kappa shape index (κ1) is 11.5. The number of hydrogen-bond donors (Lipinski definition) is 1. The largest absolute Gasteiger partial charge is 0.463 e. The van der Waals surface area contributed by atoms with E-state index in [1.165, 1.54) is 12.8 Å². The molecule has 0 amide bonds. The van der Waals surface area contributed by atoms with Crippen molar-refractivity contribution in [1.29, 1.82) is 0 Å². The maximum Gasteiger partial charge on any atom is 0.306 e. The van der Waals surface area contributed by atoms with Gasteiger partial charge in [-0.1, -0.05) is 19.8 Å². The van der Waals surface area contributed by atoms with Gasteiger partial charge in [0.15, 0.2) is 0 Å². The first-order valence-corrected chi connectivity index (χ1v) is 5.49. The average molecular weight is 200 g/mol. The van der Waals surface area contributed by atoms with Crippen LogP contribution < -0.4 is 0 Å². The molecule has 1 N–H and O–H groups in total. The van der Waals surface area contributed by atoms with E-state index >= 15 is 0 Å². The van der Waals surface area contributed by atoms with Crippen molar-refractivity contribution in [1.82, 2.24) is 0 Å². The van der Waals surface area contributed by atoms with Crippen LogP contribution in [0.5, 0.6) is 0 Å². The van der Waals surface area contributed by atoms with Gasteiger partial charge in [-0.05, 0) is 24.7 Å². The highest BCUT2D eigenvalue weighted by atomic mass is 16.5. The van der Waals surface area contributed by atoms with Crippen LogP contribution in [0.4, 0.5) is 0 Å². The van der Waals surface area contributed by atoms with Gasteiger partial charge in [-0.3, -0.25) is 4.79 Å². The van der Waals surface area contributed by atoms with Gasteiger partial charge in [0.05, 0.1) is 6.61 Å². The second-order valence-corrected chi connectivity index (χ2v) is 4.27. The lowest BCUT2D eigenvalue weighted by Crippen LogP contribution is -2.18. The molecule has 0 atom stereocenters. The standard InChI is InChI=1S/C11H20O3/c1-9-2-4-10(5-3-9)8-11(13)14-7-6-12/h9-10,12H,2-8H2,1H3. The minimum Gasteiger partial charge on any atom is -0.463 e. The quantitative estimate of drug-likeness (QED) is 0.703. The minimum atomic E-state index is -0.154. The number of hydrogen-bond acceptors (Lipinski definition) is 3. The van der Waals surface area contributed by atoms with E-state index in [0.717, 1.165) is 18.8 Å². The van der Waals surface area contributed by atoms with Crippen molar-refractivity contribution in [2.45, 2.75) is 39.0 Å². The van der Waals surface area contributed by atoms with Gasteiger partial charge in [-0.25, -0.2) is 0 Å². The van der Waals surface area contributed by atoms with Crippen LogP contribution in [0.25, 0.3) is 0 Å². The highest BCUT2D eigenvalue weighted by molar-refractivity contribution is 5.69. The van der Waals surface area contributed by atoms with Gasteiger partial charge in [0.1, 0.15) is 6.61 Å². The normalized spacial score (nSPS) is 27.3. The predicted octanol–water partition coefficient (Wildman–Crippen LogP) is 1.74. The molecular formula is C11H20O3. The Morgan fingerprint density at radius 2 is 2.00 bits per heavy atom. The third-order valence-electron chi connectivity index (χ3n) is 2.95. The fraction of sp³-hybridized carbons (Fsp3) is 0.909. The third-order valence-corrected chi connectivity index (χ3v) is 2.95. The number of aliphatic hydroxyl groups excluding tert-OH is 1. The lowest BCUT2D eigenvalue weighted by Gasteiger charge is -2.25. The zero-order chi connectivity index (χ0) is 10.4. The Morgan fingerprint density at radius 1 is 1.36 bits per heavy atom. The van der Waals surface area contributed by atoms with E-state index < -0.39 is 0 Å². The van der Waals surface area contributed by atoms with Gasteiger partial charge in [-0.2, -0.15) is 0 Å². The van der Waals surface area contributed by atoms with Crippen molar-refractivity contribution >= 4 is 5.97 Å². The number of aliphatic hydroxyl groups is 1. The molecule has 3 heteroatoms. The summed E-state index contributed by atoms with van der Waals surface area (Å²) < 4.78 is 4.83. The monoisotopic (exact) mass is 200 g/mol. The summed E-state index contributed by atoms with van der Waals surface area (Å²) in [6.07, 6.45) is 5.30. The summed E-state index contributed by atoms with van der Waals surface area (Å²) in [6, 6.07) is 0. The molecule has 0 aromatic carbocycles. The van der Waals surface area contributed by atoms with E-state index in [9.17, 15) is 4.79 Å². The summed E-state index contributed by atoms with van der Waals surface area (Å²) in [5.41, 5.74) is 0. The Bertz CT molecular complexity index is 171. The molecule has 0 radical (unpaired) electrons. The van der Waals surface area contributed by atoms with E-state index in [1.807, 2.05) is 0 Å². The molecule has 14 heavy (non-hydrogen) atoms. The first-order valence-electron chi connectivity index (χ1n) is 5.49. The van der Waals surface area contributed by atoms with Crippen molar-refractivity contribution in [3.63, 3.8) is 0 Å². The summed E-state index contributed by atoms with van der Waals surface area (Å²) in [7, 11) is 0. The molecule has 1 saturated carbocycles. The number of carbonyl (C=O) groups excluding carboxylic acids is 1. The molecule has 1 fully saturated rings. The Hall–Kier alpha value is -0.570.